The van der Waals surface area contributed by atoms with E-state index in [9.17, 15) is 19.2 Å². The van der Waals surface area contributed by atoms with E-state index in [-0.39, 0.29) is 18.6 Å². The van der Waals surface area contributed by atoms with Gasteiger partial charge in [0, 0.05) is 12.3 Å². The van der Waals surface area contributed by atoms with Crippen molar-refractivity contribution in [2.24, 2.45) is 11.3 Å². The van der Waals surface area contributed by atoms with Crippen molar-refractivity contribution in [2.75, 3.05) is 0 Å². The molecule has 0 spiro atoms. The molecule has 0 saturated carbocycles. The van der Waals surface area contributed by atoms with E-state index in [1.807, 2.05) is 0 Å². The predicted molar refractivity (Wildman–Crippen MR) is 65.8 cm³/mol. The van der Waals surface area contributed by atoms with Gasteiger partial charge in [-0.25, -0.2) is 4.79 Å². The Morgan fingerprint density at radius 2 is 1.89 bits per heavy atom. The first kappa shape index (κ1) is 13.2. The summed E-state index contributed by atoms with van der Waals surface area (Å²) in [4.78, 5) is 46.7. The SMILES string of the molecule is C=CCC1(C2C=CC(=O)CC2)C(=O)NC(=O)NC1=O. The summed E-state index contributed by atoms with van der Waals surface area (Å²) in [6, 6.07) is -0.814. The lowest BCUT2D eigenvalue weighted by molar-refractivity contribution is -0.147. The van der Waals surface area contributed by atoms with Crippen molar-refractivity contribution in [1.29, 1.82) is 0 Å². The molecule has 0 bridgehead atoms. The van der Waals surface area contributed by atoms with Crippen LogP contribution in [0.1, 0.15) is 19.3 Å². The molecule has 6 heteroatoms. The van der Waals surface area contributed by atoms with Gasteiger partial charge in [-0.3, -0.25) is 25.0 Å². The summed E-state index contributed by atoms with van der Waals surface area (Å²) in [5, 5.41) is 4.24. The van der Waals surface area contributed by atoms with E-state index in [0.29, 0.717) is 6.42 Å². The van der Waals surface area contributed by atoms with Gasteiger partial charge in [-0.2, -0.15) is 0 Å². The quantitative estimate of drug-likeness (QED) is 0.570. The molecule has 1 fully saturated rings. The molecule has 1 aliphatic carbocycles. The molecular formula is C13H14N2O4. The molecule has 4 amide bonds. The fourth-order valence-corrected chi connectivity index (χ4v) is 2.58. The smallest absolute Gasteiger partial charge is 0.295 e. The number of rotatable bonds is 3. The second-order valence-corrected chi connectivity index (χ2v) is 4.67. The summed E-state index contributed by atoms with van der Waals surface area (Å²) in [5.41, 5.74) is -1.40. The van der Waals surface area contributed by atoms with Crippen LogP contribution in [0.2, 0.25) is 0 Å². The van der Waals surface area contributed by atoms with Crippen molar-refractivity contribution in [2.45, 2.75) is 19.3 Å². The highest BCUT2D eigenvalue weighted by Crippen LogP contribution is 2.39. The maximum absolute atomic E-state index is 12.1. The lowest BCUT2D eigenvalue weighted by Gasteiger charge is -2.39. The van der Waals surface area contributed by atoms with Gasteiger partial charge in [-0.1, -0.05) is 12.2 Å². The van der Waals surface area contributed by atoms with Crippen molar-refractivity contribution < 1.29 is 19.2 Å². The molecule has 6 nitrogen and oxygen atoms in total. The number of amides is 4. The zero-order chi connectivity index (χ0) is 14.0. The topological polar surface area (TPSA) is 92.3 Å². The number of urea groups is 1. The van der Waals surface area contributed by atoms with Gasteiger partial charge >= 0.3 is 6.03 Å². The minimum atomic E-state index is -1.40. The van der Waals surface area contributed by atoms with Crippen molar-refractivity contribution in [1.82, 2.24) is 10.6 Å². The van der Waals surface area contributed by atoms with E-state index in [1.165, 1.54) is 12.2 Å². The van der Waals surface area contributed by atoms with Crippen molar-refractivity contribution in [3.8, 4) is 0 Å². The molecule has 1 aliphatic heterocycles. The van der Waals surface area contributed by atoms with Gasteiger partial charge in [0.05, 0.1) is 0 Å². The number of carbonyl (C=O) groups excluding carboxylic acids is 4. The Morgan fingerprint density at radius 3 is 2.37 bits per heavy atom. The van der Waals surface area contributed by atoms with Gasteiger partial charge in [-0.05, 0) is 18.9 Å². The van der Waals surface area contributed by atoms with Crippen molar-refractivity contribution in [3.63, 3.8) is 0 Å². The Labute approximate surface area is 109 Å². The molecule has 100 valence electrons. The van der Waals surface area contributed by atoms with Crippen LogP contribution in [0.25, 0.3) is 0 Å². The Bertz CT molecular complexity index is 487. The molecule has 0 aromatic carbocycles. The van der Waals surface area contributed by atoms with E-state index in [4.69, 9.17) is 0 Å². The number of allylic oxidation sites excluding steroid dienone is 3. The van der Waals surface area contributed by atoms with Crippen LogP contribution in [0.3, 0.4) is 0 Å². The second kappa shape index (κ2) is 4.79. The summed E-state index contributed by atoms with van der Waals surface area (Å²) in [6.07, 6.45) is 5.23. The van der Waals surface area contributed by atoms with Crippen LogP contribution in [-0.4, -0.2) is 23.6 Å². The predicted octanol–water partition coefficient (Wildman–Crippen LogP) is 0.450. The lowest BCUT2D eigenvalue weighted by Crippen LogP contribution is -2.64. The molecule has 0 aromatic rings. The Kier molecular flexibility index (Phi) is 3.33. The minimum Gasteiger partial charge on any atom is -0.295 e. The number of barbiturate groups is 1. The summed E-state index contributed by atoms with van der Waals surface area (Å²) >= 11 is 0. The van der Waals surface area contributed by atoms with Crippen molar-refractivity contribution >= 4 is 23.6 Å². The van der Waals surface area contributed by atoms with Gasteiger partial charge in [0.15, 0.2) is 5.78 Å². The Hall–Kier alpha value is -2.24. The van der Waals surface area contributed by atoms with Crippen LogP contribution < -0.4 is 10.6 Å². The average molecular weight is 262 g/mol. The number of hydrogen-bond donors (Lipinski definition) is 2. The standard InChI is InChI=1S/C13H14N2O4/c1-2-7-13(8-3-5-9(16)6-4-8)10(17)14-12(19)15-11(13)18/h2-3,5,8H,1,4,6-7H2,(H2,14,15,17,18,19). The molecule has 1 atom stereocenters. The van der Waals surface area contributed by atoms with Crippen LogP contribution in [0.15, 0.2) is 24.8 Å². The second-order valence-electron chi connectivity index (χ2n) is 4.67. The first-order chi connectivity index (χ1) is 9.00. The maximum Gasteiger partial charge on any atom is 0.328 e. The lowest BCUT2D eigenvalue weighted by atomic mass is 9.67. The van der Waals surface area contributed by atoms with Gasteiger partial charge in [0.1, 0.15) is 5.41 Å². The molecular weight excluding hydrogens is 248 g/mol. The van der Waals surface area contributed by atoms with E-state index in [0.717, 1.165) is 0 Å². The monoisotopic (exact) mass is 262 g/mol. The highest BCUT2D eigenvalue weighted by Gasteiger charge is 2.54. The number of imide groups is 2. The molecule has 2 N–H and O–H groups in total. The van der Waals surface area contributed by atoms with Gasteiger partial charge in [0.25, 0.3) is 0 Å². The first-order valence-electron chi connectivity index (χ1n) is 5.99. The number of carbonyl (C=O) groups is 4. The fraction of sp³-hybridized carbons (Fsp3) is 0.385. The third kappa shape index (κ3) is 2.09. The van der Waals surface area contributed by atoms with E-state index < -0.39 is 29.2 Å². The highest BCUT2D eigenvalue weighted by molar-refractivity contribution is 6.19. The largest absolute Gasteiger partial charge is 0.328 e. The average Bonchev–Trinajstić information content (AvgIpc) is 2.35. The maximum atomic E-state index is 12.1. The number of hydrogen-bond acceptors (Lipinski definition) is 4. The first-order valence-corrected chi connectivity index (χ1v) is 5.99. The summed E-state index contributed by atoms with van der Waals surface area (Å²) in [5.74, 6) is -1.72. The van der Waals surface area contributed by atoms with Crippen LogP contribution in [-0.2, 0) is 14.4 Å². The highest BCUT2D eigenvalue weighted by atomic mass is 16.2. The Balaban J connectivity index is 2.42. The summed E-state index contributed by atoms with van der Waals surface area (Å²) in [7, 11) is 0. The van der Waals surface area contributed by atoms with Gasteiger partial charge < -0.3 is 0 Å². The molecule has 19 heavy (non-hydrogen) atoms. The van der Waals surface area contributed by atoms with Crippen LogP contribution >= 0.6 is 0 Å². The van der Waals surface area contributed by atoms with Crippen LogP contribution in [0.4, 0.5) is 4.79 Å². The Morgan fingerprint density at radius 1 is 1.26 bits per heavy atom. The molecule has 2 rings (SSSR count). The number of ketones is 1. The van der Waals surface area contributed by atoms with Crippen LogP contribution in [0, 0.1) is 11.3 Å². The summed E-state index contributed by atoms with van der Waals surface area (Å²) in [6.45, 7) is 3.56. The molecule has 1 saturated heterocycles. The van der Waals surface area contributed by atoms with E-state index in [1.54, 1.807) is 6.08 Å². The zero-order valence-electron chi connectivity index (χ0n) is 10.3. The zero-order valence-corrected chi connectivity index (χ0v) is 10.3. The minimum absolute atomic E-state index is 0.0299. The molecule has 2 aliphatic rings. The van der Waals surface area contributed by atoms with Crippen LogP contribution in [0.5, 0.6) is 0 Å². The third-order valence-electron chi connectivity index (χ3n) is 3.58. The molecule has 1 unspecified atom stereocenters. The van der Waals surface area contributed by atoms with Crippen molar-refractivity contribution in [3.05, 3.63) is 24.8 Å². The third-order valence-corrected chi connectivity index (χ3v) is 3.58. The van der Waals surface area contributed by atoms with Gasteiger partial charge in [-0.15, -0.1) is 6.58 Å². The summed E-state index contributed by atoms with van der Waals surface area (Å²) < 4.78 is 0. The molecule has 0 radical (unpaired) electrons. The number of nitrogens with one attached hydrogen (secondary N) is 2. The fourth-order valence-electron chi connectivity index (χ4n) is 2.58. The van der Waals surface area contributed by atoms with E-state index >= 15 is 0 Å². The van der Waals surface area contributed by atoms with Gasteiger partial charge in [0.2, 0.25) is 11.8 Å². The normalized spacial score (nSPS) is 25.8. The molecule has 0 aromatic heterocycles. The molecule has 1 heterocycles. The van der Waals surface area contributed by atoms with E-state index in [2.05, 4.69) is 17.2 Å².